The third kappa shape index (κ3) is 2.98. The number of hydrogen-bond donors (Lipinski definition) is 0. The first-order valence-electron chi connectivity index (χ1n) is 5.79. The Labute approximate surface area is 111 Å². The van der Waals surface area contributed by atoms with Crippen LogP contribution in [0.1, 0.15) is 5.56 Å². The highest BCUT2D eigenvalue weighted by Gasteiger charge is 2.12. The summed E-state index contributed by atoms with van der Waals surface area (Å²) in [4.78, 5) is 23.2. The van der Waals surface area contributed by atoms with Crippen molar-refractivity contribution in [3.8, 4) is 0 Å². The molecule has 0 bridgehead atoms. The van der Waals surface area contributed by atoms with Crippen molar-refractivity contribution >= 4 is 24.3 Å². The van der Waals surface area contributed by atoms with Gasteiger partial charge in [-0.05, 0) is 18.2 Å². The molecule has 0 aliphatic carbocycles. The normalized spacial score (nSPS) is 9.68. The second-order valence-electron chi connectivity index (χ2n) is 3.85. The molecule has 0 atom stereocenters. The van der Waals surface area contributed by atoms with Crippen LogP contribution in [0.4, 0.5) is 11.4 Å². The van der Waals surface area contributed by atoms with Gasteiger partial charge in [-0.1, -0.05) is 36.4 Å². The number of ether oxygens (including phenoxy) is 1. The SMILES string of the molecule is O=COCc1ccccc1N(C=O)c1ccccc1. The minimum atomic E-state index is 0.136. The number of rotatable bonds is 6. The Bertz CT molecular complexity index is 554. The molecule has 0 unspecified atom stereocenters. The number of nitrogens with zero attached hydrogens (tertiary/aromatic N) is 1. The Kier molecular flexibility index (Phi) is 4.29. The standard InChI is InChI=1S/C15H13NO3/c17-11-16(14-7-2-1-3-8-14)15-9-5-4-6-13(15)10-19-12-18/h1-9,11-12H,10H2. The van der Waals surface area contributed by atoms with E-state index in [0.29, 0.717) is 12.2 Å². The van der Waals surface area contributed by atoms with Crippen LogP contribution in [0.25, 0.3) is 0 Å². The summed E-state index contributed by atoms with van der Waals surface area (Å²) in [6.07, 6.45) is 0.745. The van der Waals surface area contributed by atoms with Crippen molar-refractivity contribution in [2.75, 3.05) is 4.90 Å². The first kappa shape index (κ1) is 12.8. The van der Waals surface area contributed by atoms with Gasteiger partial charge in [0.2, 0.25) is 6.41 Å². The number of hydrogen-bond acceptors (Lipinski definition) is 3. The molecule has 2 rings (SSSR count). The largest absolute Gasteiger partial charge is 0.463 e. The Morgan fingerprint density at radius 2 is 1.63 bits per heavy atom. The van der Waals surface area contributed by atoms with E-state index in [2.05, 4.69) is 0 Å². The van der Waals surface area contributed by atoms with Gasteiger partial charge in [0, 0.05) is 11.3 Å². The molecule has 19 heavy (non-hydrogen) atoms. The van der Waals surface area contributed by atoms with Gasteiger partial charge in [0.15, 0.2) is 0 Å². The van der Waals surface area contributed by atoms with Crippen molar-refractivity contribution in [1.82, 2.24) is 0 Å². The number of carbonyl (C=O) groups excluding carboxylic acids is 2. The Balaban J connectivity index is 2.38. The van der Waals surface area contributed by atoms with E-state index in [4.69, 9.17) is 4.74 Å². The number of carbonyl (C=O) groups is 2. The first-order valence-corrected chi connectivity index (χ1v) is 5.79. The second-order valence-corrected chi connectivity index (χ2v) is 3.85. The summed E-state index contributed by atoms with van der Waals surface area (Å²) in [7, 11) is 0. The van der Waals surface area contributed by atoms with Gasteiger partial charge in [0.1, 0.15) is 6.61 Å². The van der Waals surface area contributed by atoms with Crippen LogP contribution in [0.15, 0.2) is 54.6 Å². The van der Waals surface area contributed by atoms with E-state index in [0.717, 1.165) is 17.7 Å². The van der Waals surface area contributed by atoms with Gasteiger partial charge in [0.05, 0.1) is 5.69 Å². The predicted octanol–water partition coefficient (Wildman–Crippen LogP) is 2.65. The van der Waals surface area contributed by atoms with Gasteiger partial charge in [-0.3, -0.25) is 14.5 Å². The second kappa shape index (κ2) is 6.35. The van der Waals surface area contributed by atoms with Gasteiger partial charge in [-0.25, -0.2) is 0 Å². The summed E-state index contributed by atoms with van der Waals surface area (Å²) in [5.74, 6) is 0. The zero-order chi connectivity index (χ0) is 13.5. The highest BCUT2D eigenvalue weighted by molar-refractivity contribution is 5.87. The molecule has 2 aromatic rings. The molecule has 0 spiro atoms. The molecule has 0 N–H and O–H groups in total. The highest BCUT2D eigenvalue weighted by atomic mass is 16.5. The maximum Gasteiger partial charge on any atom is 0.293 e. The smallest absolute Gasteiger partial charge is 0.293 e. The molecule has 96 valence electrons. The van der Waals surface area contributed by atoms with Gasteiger partial charge < -0.3 is 4.74 Å². The lowest BCUT2D eigenvalue weighted by atomic mass is 10.1. The maximum absolute atomic E-state index is 11.3. The minimum Gasteiger partial charge on any atom is -0.463 e. The lowest BCUT2D eigenvalue weighted by Crippen LogP contribution is -2.16. The van der Waals surface area contributed by atoms with Crippen molar-refractivity contribution in [3.05, 3.63) is 60.2 Å². The van der Waals surface area contributed by atoms with Crippen molar-refractivity contribution in [3.63, 3.8) is 0 Å². The molecule has 0 radical (unpaired) electrons. The van der Waals surface area contributed by atoms with Crippen LogP contribution in [0.5, 0.6) is 0 Å². The van der Waals surface area contributed by atoms with Crippen LogP contribution in [-0.2, 0) is 20.9 Å². The van der Waals surface area contributed by atoms with E-state index in [1.807, 2.05) is 54.6 Å². The summed E-state index contributed by atoms with van der Waals surface area (Å²) < 4.78 is 4.77. The molecular formula is C15H13NO3. The average molecular weight is 255 g/mol. The van der Waals surface area contributed by atoms with Crippen LogP contribution < -0.4 is 4.90 Å². The first-order chi connectivity index (χ1) is 9.36. The fourth-order valence-corrected chi connectivity index (χ4v) is 1.84. The van der Waals surface area contributed by atoms with Crippen LogP contribution in [0, 0.1) is 0 Å². The molecular weight excluding hydrogens is 242 g/mol. The summed E-state index contributed by atoms with van der Waals surface area (Å²) in [6.45, 7) is 0.529. The van der Waals surface area contributed by atoms with Crippen LogP contribution in [0.3, 0.4) is 0 Å². The predicted molar refractivity (Wildman–Crippen MR) is 71.9 cm³/mol. The third-order valence-corrected chi connectivity index (χ3v) is 2.70. The Hall–Kier alpha value is -2.62. The topological polar surface area (TPSA) is 46.6 Å². The number of benzene rings is 2. The quantitative estimate of drug-likeness (QED) is 0.745. The molecule has 0 heterocycles. The van der Waals surface area contributed by atoms with Crippen molar-refractivity contribution in [2.45, 2.75) is 6.61 Å². The van der Waals surface area contributed by atoms with E-state index >= 15 is 0 Å². The van der Waals surface area contributed by atoms with Crippen LogP contribution in [0.2, 0.25) is 0 Å². The summed E-state index contributed by atoms with van der Waals surface area (Å²) in [6, 6.07) is 16.6. The number of para-hydroxylation sites is 2. The fraction of sp³-hybridized carbons (Fsp3) is 0.0667. The van der Waals surface area contributed by atoms with E-state index in [1.165, 1.54) is 4.90 Å². The van der Waals surface area contributed by atoms with Gasteiger partial charge >= 0.3 is 0 Å². The highest BCUT2D eigenvalue weighted by Crippen LogP contribution is 2.27. The van der Waals surface area contributed by atoms with Crippen LogP contribution in [-0.4, -0.2) is 12.9 Å². The molecule has 4 nitrogen and oxygen atoms in total. The minimum absolute atomic E-state index is 0.136. The Morgan fingerprint density at radius 3 is 2.32 bits per heavy atom. The molecule has 0 saturated carbocycles. The van der Waals surface area contributed by atoms with Crippen molar-refractivity contribution in [1.29, 1.82) is 0 Å². The third-order valence-electron chi connectivity index (χ3n) is 2.70. The van der Waals surface area contributed by atoms with E-state index in [-0.39, 0.29) is 6.61 Å². The molecule has 0 fully saturated rings. The van der Waals surface area contributed by atoms with E-state index in [9.17, 15) is 9.59 Å². The van der Waals surface area contributed by atoms with Gasteiger partial charge in [-0.15, -0.1) is 0 Å². The van der Waals surface area contributed by atoms with E-state index < -0.39 is 0 Å². The molecule has 0 aromatic heterocycles. The molecule has 0 saturated heterocycles. The number of anilines is 2. The van der Waals surface area contributed by atoms with Crippen molar-refractivity contribution in [2.24, 2.45) is 0 Å². The fourth-order valence-electron chi connectivity index (χ4n) is 1.84. The lowest BCUT2D eigenvalue weighted by molar-refractivity contribution is -0.129. The van der Waals surface area contributed by atoms with Gasteiger partial charge in [0.25, 0.3) is 6.47 Å². The van der Waals surface area contributed by atoms with Gasteiger partial charge in [-0.2, -0.15) is 0 Å². The molecule has 2 aromatic carbocycles. The number of amides is 1. The summed E-state index contributed by atoms with van der Waals surface area (Å²) in [5.41, 5.74) is 2.23. The van der Waals surface area contributed by atoms with Crippen molar-refractivity contribution < 1.29 is 14.3 Å². The zero-order valence-corrected chi connectivity index (χ0v) is 10.2. The molecule has 4 heteroatoms. The van der Waals surface area contributed by atoms with Crippen LogP contribution >= 0.6 is 0 Å². The summed E-state index contributed by atoms with van der Waals surface area (Å²) >= 11 is 0. The summed E-state index contributed by atoms with van der Waals surface area (Å²) in [5, 5.41) is 0. The zero-order valence-electron chi connectivity index (χ0n) is 10.2. The lowest BCUT2D eigenvalue weighted by Gasteiger charge is -2.20. The molecule has 0 aliphatic heterocycles. The molecule has 1 amide bonds. The monoisotopic (exact) mass is 255 g/mol. The molecule has 0 aliphatic rings. The Morgan fingerprint density at radius 1 is 0.947 bits per heavy atom. The van der Waals surface area contributed by atoms with E-state index in [1.54, 1.807) is 0 Å². The average Bonchev–Trinajstić information content (AvgIpc) is 2.48. The maximum atomic E-state index is 11.3.